The first-order valence-corrected chi connectivity index (χ1v) is 6.56. The summed E-state index contributed by atoms with van der Waals surface area (Å²) in [4.78, 5) is 35.6. The maximum Gasteiger partial charge on any atom is 0.375 e. The fraction of sp³-hybridized carbons (Fsp3) is 0.400. The van der Waals surface area contributed by atoms with E-state index in [1.807, 2.05) is 0 Å². The number of carbonyl (C=O) groups excluding carboxylic acids is 3. The van der Waals surface area contributed by atoms with E-state index in [0.29, 0.717) is 11.3 Å². The average Bonchev–Trinajstić information content (AvgIpc) is 2.48. The molecule has 21 heavy (non-hydrogen) atoms. The van der Waals surface area contributed by atoms with Crippen LogP contribution in [-0.4, -0.2) is 38.0 Å². The molecule has 1 atom stereocenters. The molecular formula is C15H18O6. The van der Waals surface area contributed by atoms with Gasteiger partial charge in [-0.2, -0.15) is 0 Å². The highest BCUT2D eigenvalue weighted by atomic mass is 16.5. The Balaban J connectivity index is 3.08. The summed E-state index contributed by atoms with van der Waals surface area (Å²) in [5, 5.41) is 0. The van der Waals surface area contributed by atoms with Gasteiger partial charge in [-0.3, -0.25) is 9.59 Å². The van der Waals surface area contributed by atoms with E-state index in [1.165, 1.54) is 19.2 Å². The second-order valence-corrected chi connectivity index (χ2v) is 4.04. The van der Waals surface area contributed by atoms with Gasteiger partial charge in [0.25, 0.3) is 5.78 Å². The second-order valence-electron chi connectivity index (χ2n) is 4.04. The Morgan fingerprint density at radius 2 is 1.57 bits per heavy atom. The molecule has 6 heteroatoms. The lowest BCUT2D eigenvalue weighted by Gasteiger charge is -2.14. The van der Waals surface area contributed by atoms with Crippen LogP contribution in [0, 0.1) is 0 Å². The van der Waals surface area contributed by atoms with Gasteiger partial charge in [-0.1, -0.05) is 12.1 Å². The molecule has 0 saturated carbocycles. The molecule has 0 aliphatic heterocycles. The molecule has 6 nitrogen and oxygen atoms in total. The molecule has 0 N–H and O–H groups in total. The summed E-state index contributed by atoms with van der Waals surface area (Å²) in [6.45, 7) is 3.38. The van der Waals surface area contributed by atoms with Crippen LogP contribution in [0.25, 0.3) is 0 Å². The first kappa shape index (κ1) is 16.7. The Kier molecular flexibility index (Phi) is 6.39. The predicted molar refractivity (Wildman–Crippen MR) is 74.0 cm³/mol. The molecule has 0 bridgehead atoms. The molecule has 0 aliphatic rings. The summed E-state index contributed by atoms with van der Waals surface area (Å²) < 4.78 is 14.5. The van der Waals surface area contributed by atoms with Crippen LogP contribution < -0.4 is 4.74 Å². The van der Waals surface area contributed by atoms with E-state index >= 15 is 0 Å². The number of hydrogen-bond donors (Lipinski definition) is 0. The normalized spacial score (nSPS) is 11.4. The molecule has 1 rings (SSSR count). The number of carbonyl (C=O) groups is 3. The lowest BCUT2D eigenvalue weighted by molar-refractivity contribution is -0.159. The van der Waals surface area contributed by atoms with Crippen LogP contribution in [0.3, 0.4) is 0 Å². The second kappa shape index (κ2) is 8.04. The molecule has 0 fully saturated rings. The standard InChI is InChI=1S/C15H18O6/c1-4-20-14(17)12(13(16)15(18)21-5-2)10-6-8-11(19-3)9-7-10/h6-9,12H,4-5H2,1-3H3/t12-/m0/s1. The van der Waals surface area contributed by atoms with Crippen molar-refractivity contribution in [1.82, 2.24) is 0 Å². The van der Waals surface area contributed by atoms with Crippen LogP contribution in [0.1, 0.15) is 25.3 Å². The molecule has 0 unspecified atom stereocenters. The van der Waals surface area contributed by atoms with Crippen LogP contribution >= 0.6 is 0 Å². The van der Waals surface area contributed by atoms with Crippen molar-refractivity contribution in [3.63, 3.8) is 0 Å². The number of benzene rings is 1. The number of methoxy groups -OCH3 is 1. The van der Waals surface area contributed by atoms with Crippen LogP contribution in [0.15, 0.2) is 24.3 Å². The number of ketones is 1. The zero-order chi connectivity index (χ0) is 15.8. The summed E-state index contributed by atoms with van der Waals surface area (Å²) in [6.07, 6.45) is 0. The zero-order valence-electron chi connectivity index (χ0n) is 12.3. The predicted octanol–water partition coefficient (Wildman–Crippen LogP) is 1.47. The summed E-state index contributed by atoms with van der Waals surface area (Å²) in [6, 6.07) is 6.27. The fourth-order valence-electron chi connectivity index (χ4n) is 1.74. The van der Waals surface area contributed by atoms with E-state index in [-0.39, 0.29) is 13.2 Å². The van der Waals surface area contributed by atoms with Gasteiger partial charge in [-0.25, -0.2) is 4.79 Å². The van der Waals surface area contributed by atoms with E-state index in [2.05, 4.69) is 4.74 Å². The topological polar surface area (TPSA) is 78.9 Å². The number of Topliss-reactive ketones (excluding diaryl/α,β-unsaturated/α-hetero) is 1. The number of hydrogen-bond acceptors (Lipinski definition) is 6. The maximum atomic E-state index is 12.1. The first-order chi connectivity index (χ1) is 10.0. The van der Waals surface area contributed by atoms with Crippen molar-refractivity contribution in [1.29, 1.82) is 0 Å². The Morgan fingerprint density at radius 1 is 1.00 bits per heavy atom. The van der Waals surface area contributed by atoms with E-state index in [9.17, 15) is 14.4 Å². The molecular weight excluding hydrogens is 276 g/mol. The fourth-order valence-corrected chi connectivity index (χ4v) is 1.74. The average molecular weight is 294 g/mol. The molecule has 1 aromatic carbocycles. The van der Waals surface area contributed by atoms with Crippen molar-refractivity contribution in [2.45, 2.75) is 19.8 Å². The highest BCUT2D eigenvalue weighted by molar-refractivity contribution is 6.39. The third kappa shape index (κ3) is 4.30. The molecule has 0 amide bonds. The number of esters is 2. The molecule has 114 valence electrons. The Labute approximate surface area is 123 Å². The minimum absolute atomic E-state index is 0.0583. The van der Waals surface area contributed by atoms with Crippen LogP contribution in [-0.2, 0) is 23.9 Å². The van der Waals surface area contributed by atoms with Crippen LogP contribution in [0.5, 0.6) is 5.75 Å². The molecule has 1 aromatic rings. The molecule has 0 radical (unpaired) electrons. The third-order valence-electron chi connectivity index (χ3n) is 2.71. The minimum atomic E-state index is -1.32. The monoisotopic (exact) mass is 294 g/mol. The summed E-state index contributed by atoms with van der Waals surface area (Å²) in [5.41, 5.74) is 0.354. The van der Waals surface area contributed by atoms with Gasteiger partial charge < -0.3 is 14.2 Å². The molecule has 0 heterocycles. The van der Waals surface area contributed by atoms with Crippen molar-refractivity contribution in [2.24, 2.45) is 0 Å². The first-order valence-electron chi connectivity index (χ1n) is 6.56. The van der Waals surface area contributed by atoms with E-state index in [0.717, 1.165) is 0 Å². The summed E-state index contributed by atoms with van der Waals surface area (Å²) in [7, 11) is 1.50. The van der Waals surface area contributed by atoms with Gasteiger partial charge >= 0.3 is 11.9 Å². The van der Waals surface area contributed by atoms with Crippen LogP contribution in [0.2, 0.25) is 0 Å². The van der Waals surface area contributed by atoms with E-state index in [1.54, 1.807) is 26.0 Å². The van der Waals surface area contributed by atoms with Gasteiger partial charge in [0.05, 0.1) is 20.3 Å². The van der Waals surface area contributed by atoms with Gasteiger partial charge in [0.2, 0.25) is 0 Å². The lowest BCUT2D eigenvalue weighted by Crippen LogP contribution is -2.31. The Bertz CT molecular complexity index is 505. The van der Waals surface area contributed by atoms with Crippen molar-refractivity contribution < 1.29 is 28.6 Å². The number of rotatable bonds is 7. The number of ether oxygens (including phenoxy) is 3. The van der Waals surface area contributed by atoms with Crippen molar-refractivity contribution in [2.75, 3.05) is 20.3 Å². The van der Waals surface area contributed by atoms with Gasteiger partial charge in [0, 0.05) is 0 Å². The SMILES string of the molecule is CCOC(=O)C(=O)[C@@H](C(=O)OCC)c1ccc(OC)cc1. The van der Waals surface area contributed by atoms with E-state index < -0.39 is 23.6 Å². The molecule has 0 aromatic heterocycles. The maximum absolute atomic E-state index is 12.1. The largest absolute Gasteiger partial charge is 0.497 e. The molecule has 0 aliphatic carbocycles. The highest BCUT2D eigenvalue weighted by Gasteiger charge is 2.35. The molecule has 0 spiro atoms. The quantitative estimate of drug-likeness (QED) is 0.430. The minimum Gasteiger partial charge on any atom is -0.497 e. The summed E-state index contributed by atoms with van der Waals surface area (Å²) in [5.74, 6) is -3.52. The van der Waals surface area contributed by atoms with Crippen molar-refractivity contribution in [3.05, 3.63) is 29.8 Å². The Hall–Kier alpha value is -2.37. The summed E-state index contributed by atoms with van der Waals surface area (Å²) >= 11 is 0. The third-order valence-corrected chi connectivity index (χ3v) is 2.71. The van der Waals surface area contributed by atoms with E-state index in [4.69, 9.17) is 9.47 Å². The molecule has 0 saturated heterocycles. The smallest absolute Gasteiger partial charge is 0.375 e. The lowest BCUT2D eigenvalue weighted by atomic mass is 9.94. The Morgan fingerprint density at radius 3 is 2.05 bits per heavy atom. The van der Waals surface area contributed by atoms with Gasteiger partial charge in [0.1, 0.15) is 5.75 Å². The highest BCUT2D eigenvalue weighted by Crippen LogP contribution is 2.22. The van der Waals surface area contributed by atoms with Gasteiger partial charge in [0.15, 0.2) is 5.92 Å². The van der Waals surface area contributed by atoms with Gasteiger partial charge in [-0.05, 0) is 31.5 Å². The zero-order valence-corrected chi connectivity index (χ0v) is 12.3. The van der Waals surface area contributed by atoms with Gasteiger partial charge in [-0.15, -0.1) is 0 Å². The van der Waals surface area contributed by atoms with Crippen molar-refractivity contribution in [3.8, 4) is 5.75 Å². The van der Waals surface area contributed by atoms with Crippen molar-refractivity contribution >= 4 is 17.7 Å². The van der Waals surface area contributed by atoms with Crippen LogP contribution in [0.4, 0.5) is 0 Å².